The molecule has 1 fully saturated rings. The number of likely N-dealkylation sites (N-methyl/N-ethyl adjacent to an activating group) is 1. The first kappa shape index (κ1) is 29.4. The van der Waals surface area contributed by atoms with E-state index in [9.17, 15) is 14.4 Å². The van der Waals surface area contributed by atoms with Gasteiger partial charge in [0.15, 0.2) is 0 Å². The molecule has 3 heterocycles. The summed E-state index contributed by atoms with van der Waals surface area (Å²) in [7, 11) is 0. The van der Waals surface area contributed by atoms with Crippen LogP contribution >= 0.6 is 0 Å². The first-order valence-corrected chi connectivity index (χ1v) is 15.3. The first-order chi connectivity index (χ1) is 21.3. The topological polar surface area (TPSA) is 91.4 Å². The second-order valence-electron chi connectivity index (χ2n) is 11.6. The van der Waals surface area contributed by atoms with Gasteiger partial charge in [0.25, 0.3) is 5.91 Å². The molecule has 0 bridgehead atoms. The van der Waals surface area contributed by atoms with E-state index in [2.05, 4.69) is 5.32 Å². The predicted molar refractivity (Wildman–Crippen MR) is 166 cm³/mol. The van der Waals surface area contributed by atoms with Crippen LogP contribution in [0.15, 0.2) is 96.2 Å². The maximum absolute atomic E-state index is 14.5. The van der Waals surface area contributed by atoms with Crippen molar-refractivity contribution in [3.8, 4) is 11.5 Å². The third-order valence-corrected chi connectivity index (χ3v) is 8.40. The van der Waals surface area contributed by atoms with Crippen LogP contribution in [0.2, 0.25) is 0 Å². The smallest absolute Gasteiger partial charge is 0.322 e. The van der Waals surface area contributed by atoms with Crippen LogP contribution in [0.25, 0.3) is 0 Å². The van der Waals surface area contributed by atoms with E-state index < -0.39 is 12.1 Å². The number of carbonyl (C=O) groups is 3. The van der Waals surface area contributed by atoms with Gasteiger partial charge in [0.05, 0.1) is 36.1 Å². The molecule has 3 aromatic rings. The van der Waals surface area contributed by atoms with Gasteiger partial charge in [-0.1, -0.05) is 60.7 Å². The average molecular weight is 595 g/mol. The molecule has 4 unspecified atom stereocenters. The highest BCUT2D eigenvalue weighted by atomic mass is 16.5. The number of benzene rings is 3. The lowest BCUT2D eigenvalue weighted by Gasteiger charge is -2.39. The lowest BCUT2D eigenvalue weighted by atomic mass is 9.95. The highest BCUT2D eigenvalue weighted by molar-refractivity contribution is 6.03. The number of amides is 4. The molecule has 1 saturated heterocycles. The zero-order valence-electron chi connectivity index (χ0n) is 25.3. The van der Waals surface area contributed by atoms with E-state index in [1.807, 2.05) is 111 Å². The van der Waals surface area contributed by atoms with Gasteiger partial charge in [-0.15, -0.1) is 0 Å². The average Bonchev–Trinajstić information content (AvgIpc) is 3.36. The third-order valence-electron chi connectivity index (χ3n) is 8.40. The highest BCUT2D eigenvalue weighted by Gasteiger charge is 2.47. The van der Waals surface area contributed by atoms with E-state index in [-0.39, 0.29) is 36.6 Å². The Morgan fingerprint density at radius 3 is 2.27 bits per heavy atom. The molecule has 6 rings (SSSR count). The molecule has 0 spiro atoms. The van der Waals surface area contributed by atoms with Crippen LogP contribution in [0.5, 0.6) is 11.5 Å². The fourth-order valence-electron chi connectivity index (χ4n) is 6.47. The van der Waals surface area contributed by atoms with Gasteiger partial charge in [0, 0.05) is 26.1 Å². The summed E-state index contributed by atoms with van der Waals surface area (Å²) < 4.78 is 12.0. The lowest BCUT2D eigenvalue weighted by molar-refractivity contribution is -0.151. The quantitative estimate of drug-likeness (QED) is 0.400. The largest absolute Gasteiger partial charge is 0.457 e. The summed E-state index contributed by atoms with van der Waals surface area (Å²) in [5.74, 6) is 0.923. The molecule has 3 aliphatic rings. The molecule has 0 aromatic heterocycles. The summed E-state index contributed by atoms with van der Waals surface area (Å²) in [6.07, 6.45) is 0.158. The molecular weight excluding hydrogens is 556 g/mol. The Morgan fingerprint density at radius 1 is 0.932 bits per heavy atom. The summed E-state index contributed by atoms with van der Waals surface area (Å²) in [4.78, 5) is 47.2. The fraction of sp³-hybridized carbons (Fsp3) is 0.343. The van der Waals surface area contributed by atoms with Gasteiger partial charge in [-0.3, -0.25) is 14.5 Å². The van der Waals surface area contributed by atoms with E-state index in [1.165, 1.54) is 0 Å². The number of nitrogens with one attached hydrogen (secondary N) is 1. The number of hydrogen-bond acceptors (Lipinski definition) is 5. The molecule has 4 amide bonds. The molecule has 4 atom stereocenters. The van der Waals surface area contributed by atoms with Gasteiger partial charge >= 0.3 is 6.03 Å². The molecule has 9 heteroatoms. The zero-order valence-corrected chi connectivity index (χ0v) is 25.3. The molecule has 1 N–H and O–H groups in total. The Labute approximate surface area is 258 Å². The van der Waals surface area contributed by atoms with Crippen LogP contribution in [-0.2, 0) is 20.7 Å². The van der Waals surface area contributed by atoms with E-state index in [4.69, 9.17) is 9.47 Å². The molecule has 0 saturated carbocycles. The van der Waals surface area contributed by atoms with Crippen molar-refractivity contribution in [2.45, 2.75) is 51.5 Å². The fourth-order valence-corrected chi connectivity index (χ4v) is 6.47. The van der Waals surface area contributed by atoms with Crippen molar-refractivity contribution in [2.24, 2.45) is 0 Å². The summed E-state index contributed by atoms with van der Waals surface area (Å²) >= 11 is 0. The molecule has 44 heavy (non-hydrogen) atoms. The van der Waals surface area contributed by atoms with Crippen molar-refractivity contribution >= 4 is 17.8 Å². The standard InChI is InChI=1S/C35H38N4O5/c1-4-38-30-22-39(29(18-25-12-7-5-8-13-25)33(40)37-20-23(2)43-24(3)21-37)34(41)31(30)32(36-35(38)42)26-14-11-17-28(19-26)44-27-15-9-6-10-16-27/h5-17,19,23-24,29,32H,4,18,20-22H2,1-3H3,(H,36,42). The van der Waals surface area contributed by atoms with Crippen LogP contribution in [0.1, 0.15) is 37.9 Å². The lowest BCUT2D eigenvalue weighted by Crippen LogP contribution is -2.56. The number of urea groups is 1. The van der Waals surface area contributed by atoms with E-state index in [0.29, 0.717) is 48.8 Å². The molecule has 228 valence electrons. The monoisotopic (exact) mass is 594 g/mol. The Kier molecular flexibility index (Phi) is 8.39. The Balaban J connectivity index is 1.34. The van der Waals surface area contributed by atoms with Crippen LogP contribution in [0.4, 0.5) is 4.79 Å². The minimum Gasteiger partial charge on any atom is -0.457 e. The zero-order chi connectivity index (χ0) is 30.8. The highest BCUT2D eigenvalue weighted by Crippen LogP contribution is 2.39. The van der Waals surface area contributed by atoms with Crippen LogP contribution in [0, 0.1) is 0 Å². The Morgan fingerprint density at radius 2 is 1.59 bits per heavy atom. The number of nitrogens with zero attached hydrogens (tertiary/aromatic N) is 3. The summed E-state index contributed by atoms with van der Waals surface area (Å²) in [5, 5.41) is 3.05. The van der Waals surface area contributed by atoms with E-state index in [1.54, 1.807) is 9.80 Å². The number of rotatable bonds is 8. The molecular formula is C35H38N4O5. The Hall–Kier alpha value is -4.63. The predicted octanol–water partition coefficient (Wildman–Crippen LogP) is 4.91. The maximum Gasteiger partial charge on any atom is 0.322 e. The van der Waals surface area contributed by atoms with E-state index >= 15 is 0 Å². The second-order valence-corrected chi connectivity index (χ2v) is 11.6. The van der Waals surface area contributed by atoms with Gasteiger partial charge in [-0.25, -0.2) is 4.79 Å². The first-order valence-electron chi connectivity index (χ1n) is 15.3. The number of hydrogen-bond donors (Lipinski definition) is 1. The van der Waals surface area contributed by atoms with E-state index in [0.717, 1.165) is 11.1 Å². The van der Waals surface area contributed by atoms with Crippen molar-refractivity contribution in [3.05, 3.63) is 107 Å². The van der Waals surface area contributed by atoms with Crippen molar-refractivity contribution in [1.82, 2.24) is 20.0 Å². The minimum absolute atomic E-state index is 0.104. The van der Waals surface area contributed by atoms with Gasteiger partial charge in [-0.2, -0.15) is 0 Å². The van der Waals surface area contributed by atoms with Crippen LogP contribution < -0.4 is 10.1 Å². The van der Waals surface area contributed by atoms with Gasteiger partial charge in [0.2, 0.25) is 5.91 Å². The number of morpholine rings is 1. The van der Waals surface area contributed by atoms with Crippen molar-refractivity contribution in [3.63, 3.8) is 0 Å². The number of ether oxygens (including phenoxy) is 2. The number of para-hydroxylation sites is 1. The molecule has 0 aliphatic carbocycles. The van der Waals surface area contributed by atoms with Gasteiger partial charge < -0.3 is 24.6 Å². The molecule has 3 aromatic carbocycles. The Bertz CT molecular complexity index is 1550. The van der Waals surface area contributed by atoms with Gasteiger partial charge in [-0.05, 0) is 56.2 Å². The SMILES string of the molecule is CCN1C(=O)NC(c2cccc(Oc3ccccc3)c2)C2=C1CN(C(Cc1ccccc1)C(=O)N1CC(C)OC(C)C1)C2=O. The summed E-state index contributed by atoms with van der Waals surface area (Å²) in [6.45, 7) is 7.29. The van der Waals surface area contributed by atoms with Crippen molar-refractivity contribution in [2.75, 3.05) is 26.2 Å². The van der Waals surface area contributed by atoms with Crippen LogP contribution in [-0.4, -0.2) is 77.0 Å². The van der Waals surface area contributed by atoms with Crippen LogP contribution in [0.3, 0.4) is 0 Å². The van der Waals surface area contributed by atoms with Gasteiger partial charge in [0.1, 0.15) is 17.5 Å². The summed E-state index contributed by atoms with van der Waals surface area (Å²) in [6, 6.07) is 24.9. The molecule has 0 radical (unpaired) electrons. The molecule has 9 nitrogen and oxygen atoms in total. The maximum atomic E-state index is 14.5. The second kappa shape index (κ2) is 12.5. The molecule has 3 aliphatic heterocycles. The third kappa shape index (κ3) is 5.92. The normalized spacial score (nSPS) is 22.5. The van der Waals surface area contributed by atoms with Crippen molar-refractivity contribution in [1.29, 1.82) is 0 Å². The van der Waals surface area contributed by atoms with Crippen molar-refractivity contribution < 1.29 is 23.9 Å². The minimum atomic E-state index is -0.741. The number of carbonyl (C=O) groups excluding carboxylic acids is 3. The summed E-state index contributed by atoms with van der Waals surface area (Å²) in [5.41, 5.74) is 2.81.